The minimum atomic E-state index is 1.07. The van der Waals surface area contributed by atoms with E-state index in [0.29, 0.717) is 0 Å². The first kappa shape index (κ1) is 10.1. The Morgan fingerprint density at radius 3 is 2.71 bits per heavy atom. The van der Waals surface area contributed by atoms with Gasteiger partial charge in [-0.1, -0.05) is 18.2 Å². The Bertz CT molecular complexity index is 630. The predicted octanol–water partition coefficient (Wildman–Crippen LogP) is 3.67. The number of nitrogens with zero attached hydrogens (tertiary/aromatic N) is 2. The average molecular weight is 222 g/mol. The molecule has 1 aliphatic heterocycles. The van der Waals surface area contributed by atoms with E-state index >= 15 is 0 Å². The van der Waals surface area contributed by atoms with Crippen molar-refractivity contribution in [1.82, 2.24) is 4.57 Å². The van der Waals surface area contributed by atoms with E-state index in [9.17, 15) is 0 Å². The third-order valence-electron chi connectivity index (χ3n) is 3.15. The van der Waals surface area contributed by atoms with Gasteiger partial charge in [-0.3, -0.25) is 4.99 Å². The van der Waals surface area contributed by atoms with Crippen LogP contribution in [-0.2, 0) is 7.05 Å². The molecule has 0 spiro atoms. The van der Waals surface area contributed by atoms with Crippen molar-refractivity contribution in [2.24, 2.45) is 12.0 Å². The van der Waals surface area contributed by atoms with Gasteiger partial charge >= 0.3 is 0 Å². The number of allylic oxidation sites excluding steroid dienone is 1. The van der Waals surface area contributed by atoms with Gasteiger partial charge in [0.25, 0.3) is 0 Å². The van der Waals surface area contributed by atoms with Crippen LogP contribution in [0.5, 0.6) is 0 Å². The third kappa shape index (κ3) is 1.62. The maximum atomic E-state index is 4.58. The van der Waals surface area contributed by atoms with E-state index in [4.69, 9.17) is 0 Å². The summed E-state index contributed by atoms with van der Waals surface area (Å²) in [4.78, 5) is 4.58. The number of aryl methyl sites for hydroxylation is 1. The van der Waals surface area contributed by atoms with Crippen LogP contribution < -0.4 is 0 Å². The van der Waals surface area contributed by atoms with Gasteiger partial charge in [-0.15, -0.1) is 0 Å². The van der Waals surface area contributed by atoms with Crippen LogP contribution in [0.3, 0.4) is 0 Å². The summed E-state index contributed by atoms with van der Waals surface area (Å²) in [6, 6.07) is 12.4. The fourth-order valence-electron chi connectivity index (χ4n) is 2.19. The van der Waals surface area contributed by atoms with E-state index in [0.717, 1.165) is 11.4 Å². The summed E-state index contributed by atoms with van der Waals surface area (Å²) >= 11 is 0. The molecule has 3 rings (SSSR count). The second-order valence-electron chi connectivity index (χ2n) is 4.32. The van der Waals surface area contributed by atoms with Crippen molar-refractivity contribution >= 4 is 23.0 Å². The molecule has 1 aliphatic rings. The molecule has 0 unspecified atom stereocenters. The number of para-hydroxylation sites is 1. The Hall–Kier alpha value is -2.09. The molecule has 0 saturated heterocycles. The molecule has 0 saturated carbocycles. The highest BCUT2D eigenvalue weighted by molar-refractivity contribution is 6.31. The Kier molecular flexibility index (Phi) is 2.22. The lowest BCUT2D eigenvalue weighted by atomic mass is 10.0. The second kappa shape index (κ2) is 3.74. The molecular weight excluding hydrogens is 208 g/mol. The van der Waals surface area contributed by atoms with Crippen LogP contribution in [0.4, 0.5) is 5.69 Å². The lowest BCUT2D eigenvalue weighted by Gasteiger charge is -2.02. The fourth-order valence-corrected chi connectivity index (χ4v) is 2.19. The highest BCUT2D eigenvalue weighted by Gasteiger charge is 2.16. The van der Waals surface area contributed by atoms with Crippen LogP contribution in [0, 0.1) is 0 Å². The zero-order chi connectivity index (χ0) is 11.8. The van der Waals surface area contributed by atoms with Crippen LogP contribution in [0.15, 0.2) is 47.6 Å². The molecule has 2 heterocycles. The van der Waals surface area contributed by atoms with E-state index in [1.165, 1.54) is 16.8 Å². The highest BCUT2D eigenvalue weighted by Crippen LogP contribution is 2.35. The molecule has 2 heteroatoms. The lowest BCUT2D eigenvalue weighted by molar-refractivity contribution is 0.915. The van der Waals surface area contributed by atoms with Crippen molar-refractivity contribution in [3.63, 3.8) is 0 Å². The van der Waals surface area contributed by atoms with Crippen LogP contribution in [0.25, 0.3) is 11.6 Å². The van der Waals surface area contributed by atoms with E-state index in [-0.39, 0.29) is 0 Å². The van der Waals surface area contributed by atoms with Crippen molar-refractivity contribution in [2.45, 2.75) is 6.92 Å². The van der Waals surface area contributed by atoms with Crippen molar-refractivity contribution in [2.75, 3.05) is 0 Å². The molecule has 2 nitrogen and oxygen atoms in total. The van der Waals surface area contributed by atoms with Crippen molar-refractivity contribution in [3.8, 4) is 0 Å². The van der Waals surface area contributed by atoms with Crippen molar-refractivity contribution in [3.05, 3.63) is 53.9 Å². The number of rotatable bonds is 1. The molecule has 0 aliphatic carbocycles. The summed E-state index contributed by atoms with van der Waals surface area (Å²) in [7, 11) is 2.06. The van der Waals surface area contributed by atoms with Crippen LogP contribution in [0.2, 0.25) is 0 Å². The quantitative estimate of drug-likeness (QED) is 0.700. The Morgan fingerprint density at radius 2 is 1.94 bits per heavy atom. The van der Waals surface area contributed by atoms with Crippen molar-refractivity contribution in [1.29, 1.82) is 0 Å². The number of hydrogen-bond donors (Lipinski definition) is 0. The molecule has 0 amide bonds. The lowest BCUT2D eigenvalue weighted by Crippen LogP contribution is -1.93. The zero-order valence-corrected chi connectivity index (χ0v) is 10.0. The van der Waals surface area contributed by atoms with Crippen LogP contribution >= 0.6 is 0 Å². The summed E-state index contributed by atoms with van der Waals surface area (Å²) in [6.07, 6.45) is 4.25. The normalized spacial score (nSPS) is 16.1. The third-order valence-corrected chi connectivity index (χ3v) is 3.15. The van der Waals surface area contributed by atoms with Gasteiger partial charge < -0.3 is 4.57 Å². The highest BCUT2D eigenvalue weighted by atomic mass is 14.9. The average Bonchev–Trinajstić information content (AvgIpc) is 2.85. The number of fused-ring (bicyclic) bond motifs is 1. The molecule has 0 fully saturated rings. The maximum absolute atomic E-state index is 4.58. The molecule has 1 aromatic heterocycles. The molecule has 0 bridgehead atoms. The SMILES string of the molecule is CC1=Nc2ccccc2/C1=C/c1cccn1C. The van der Waals surface area contributed by atoms with E-state index < -0.39 is 0 Å². The van der Waals surface area contributed by atoms with Gasteiger partial charge in [-0.05, 0) is 31.2 Å². The molecular formula is C15H14N2. The number of aliphatic imine (C=N–C) groups is 1. The first-order valence-corrected chi connectivity index (χ1v) is 5.74. The Labute approximate surface area is 101 Å². The molecule has 1 aromatic carbocycles. The first-order valence-electron chi connectivity index (χ1n) is 5.74. The van der Waals surface area contributed by atoms with Gasteiger partial charge in [0.1, 0.15) is 0 Å². The van der Waals surface area contributed by atoms with Gasteiger partial charge in [-0.25, -0.2) is 0 Å². The van der Waals surface area contributed by atoms with E-state index in [1.807, 2.05) is 6.07 Å². The van der Waals surface area contributed by atoms with E-state index in [2.05, 4.69) is 66.1 Å². The first-order chi connectivity index (χ1) is 8.25. The number of aromatic nitrogens is 1. The zero-order valence-electron chi connectivity index (χ0n) is 10.0. The Balaban J connectivity index is 2.14. The summed E-state index contributed by atoms with van der Waals surface area (Å²) in [5.41, 5.74) is 5.82. The van der Waals surface area contributed by atoms with E-state index in [1.54, 1.807) is 0 Å². The van der Waals surface area contributed by atoms with Gasteiger partial charge in [0.05, 0.1) is 5.69 Å². The monoisotopic (exact) mass is 222 g/mol. The van der Waals surface area contributed by atoms with Gasteiger partial charge in [0.2, 0.25) is 0 Å². The van der Waals surface area contributed by atoms with Crippen molar-refractivity contribution < 1.29 is 0 Å². The topological polar surface area (TPSA) is 17.3 Å². The number of hydrogen-bond acceptors (Lipinski definition) is 1. The van der Waals surface area contributed by atoms with Gasteiger partial charge in [-0.2, -0.15) is 0 Å². The molecule has 0 atom stereocenters. The molecule has 17 heavy (non-hydrogen) atoms. The fraction of sp³-hybridized carbons (Fsp3) is 0.133. The Morgan fingerprint density at radius 1 is 1.12 bits per heavy atom. The van der Waals surface area contributed by atoms with Gasteiger partial charge in [0, 0.05) is 35.8 Å². The summed E-state index contributed by atoms with van der Waals surface area (Å²) < 4.78 is 2.11. The number of benzene rings is 1. The summed E-state index contributed by atoms with van der Waals surface area (Å²) in [5, 5.41) is 0. The molecule has 0 N–H and O–H groups in total. The summed E-state index contributed by atoms with van der Waals surface area (Å²) in [6.45, 7) is 2.06. The summed E-state index contributed by atoms with van der Waals surface area (Å²) in [5.74, 6) is 0. The van der Waals surface area contributed by atoms with Gasteiger partial charge in [0.15, 0.2) is 0 Å². The molecule has 0 radical (unpaired) electrons. The standard InChI is InChI=1S/C15H14N2/c1-11-14(10-12-6-5-9-17(12)2)13-7-3-4-8-15(13)16-11/h3-10H,1-2H3/b14-10+. The minimum Gasteiger partial charge on any atom is -0.351 e. The molecule has 2 aromatic rings. The minimum absolute atomic E-state index is 1.07. The van der Waals surface area contributed by atoms with Crippen LogP contribution in [-0.4, -0.2) is 10.3 Å². The molecule has 84 valence electrons. The van der Waals surface area contributed by atoms with Crippen LogP contribution in [0.1, 0.15) is 18.2 Å². The second-order valence-corrected chi connectivity index (χ2v) is 4.32. The maximum Gasteiger partial charge on any atom is 0.0712 e. The predicted molar refractivity (Wildman–Crippen MR) is 72.5 cm³/mol. The smallest absolute Gasteiger partial charge is 0.0712 e. The largest absolute Gasteiger partial charge is 0.351 e.